The van der Waals surface area contributed by atoms with E-state index in [0.717, 1.165) is 87.3 Å². The summed E-state index contributed by atoms with van der Waals surface area (Å²) in [5, 5.41) is 12.7. The van der Waals surface area contributed by atoms with E-state index < -0.39 is 23.7 Å². The normalized spacial score (nSPS) is 25.2. The Bertz CT molecular complexity index is 2540. The Morgan fingerprint density at radius 3 is 1.09 bits per heavy atom. The minimum absolute atomic E-state index is 0.0360. The van der Waals surface area contributed by atoms with Gasteiger partial charge in [0.1, 0.15) is 0 Å². The standard InChI is InChI=1S/C61H74N6O8/c1-40(68)75-32-20-9-7-5-3-2-4-6-8-19-31-62-56(69)49-36-66(37-50(49)57(70)63-53-33-46(53)41-21-13-10-14-22-41)60(73)44-27-29-45(30-28-44)61(74)67-38-51(58(71)64-54-34-47(54)42-23-15-11-16-24-42)52(39-67)59(72)65-55-35-48(55)43-25-17-12-18-26-43/h10-18,21-30,46-55H,2-9,19-20,31-39H2,1H3,(H,62,69)(H,63,70)(H,64,71)(H,65,72)/t46-,47-,48-,49-,50-,51-,52-,53+,54+,55+/m1/s1. The Morgan fingerprint density at radius 1 is 0.427 bits per heavy atom. The Balaban J connectivity index is 0.789. The summed E-state index contributed by atoms with van der Waals surface area (Å²) in [5.41, 5.74) is 4.12. The molecule has 14 nitrogen and oxygen atoms in total. The Hall–Kier alpha value is -6.83. The molecule has 0 bridgehead atoms. The van der Waals surface area contributed by atoms with Gasteiger partial charge in [-0.05, 0) is 73.1 Å². The number of nitrogens with zero attached hydrogens (tertiary/aromatic N) is 2. The number of rotatable bonds is 25. The van der Waals surface area contributed by atoms with E-state index in [2.05, 4.69) is 57.7 Å². The molecule has 2 aliphatic heterocycles. The molecule has 2 saturated heterocycles. The minimum Gasteiger partial charge on any atom is -0.466 e. The zero-order valence-electron chi connectivity index (χ0n) is 43.3. The molecule has 3 saturated carbocycles. The van der Waals surface area contributed by atoms with Crippen LogP contribution in [0.2, 0.25) is 0 Å². The maximum Gasteiger partial charge on any atom is 0.302 e. The first kappa shape index (κ1) is 53.0. The van der Waals surface area contributed by atoms with Crippen molar-refractivity contribution in [1.82, 2.24) is 31.1 Å². The van der Waals surface area contributed by atoms with Crippen molar-refractivity contribution in [3.8, 4) is 0 Å². The van der Waals surface area contributed by atoms with E-state index in [1.165, 1.54) is 19.8 Å². The molecule has 14 heteroatoms. The predicted octanol–water partition coefficient (Wildman–Crippen LogP) is 7.66. The Labute approximate surface area is 441 Å². The summed E-state index contributed by atoms with van der Waals surface area (Å²) in [6, 6.07) is 36.5. The number of ether oxygens (including phenoxy) is 1. The number of likely N-dealkylation sites (tertiary alicyclic amines) is 2. The van der Waals surface area contributed by atoms with Crippen LogP contribution in [0.3, 0.4) is 0 Å². The van der Waals surface area contributed by atoms with Gasteiger partial charge >= 0.3 is 5.97 Å². The van der Waals surface area contributed by atoms with Gasteiger partial charge in [0.15, 0.2) is 0 Å². The Kier molecular flexibility index (Phi) is 17.8. The van der Waals surface area contributed by atoms with Crippen molar-refractivity contribution in [3.05, 3.63) is 143 Å². The van der Waals surface area contributed by atoms with Crippen LogP contribution in [0.4, 0.5) is 0 Å². The summed E-state index contributed by atoms with van der Waals surface area (Å²) < 4.78 is 5.00. The molecule has 10 atom stereocenters. The van der Waals surface area contributed by atoms with Crippen molar-refractivity contribution in [2.75, 3.05) is 39.3 Å². The largest absolute Gasteiger partial charge is 0.466 e. The average Bonchev–Trinajstić information content (AvgIpc) is 4.40. The van der Waals surface area contributed by atoms with Crippen LogP contribution in [-0.2, 0) is 28.7 Å². The molecule has 0 radical (unpaired) electrons. The first-order valence-corrected chi connectivity index (χ1v) is 27.7. The van der Waals surface area contributed by atoms with Gasteiger partial charge in [0.25, 0.3) is 11.8 Å². The van der Waals surface area contributed by atoms with Gasteiger partial charge in [0.05, 0.1) is 30.3 Å². The molecular weight excluding hydrogens is 945 g/mol. The molecule has 75 heavy (non-hydrogen) atoms. The lowest BCUT2D eigenvalue weighted by molar-refractivity contribution is -0.141. The number of esters is 1. The van der Waals surface area contributed by atoms with Gasteiger partial charge in [-0.25, -0.2) is 0 Å². The third-order valence-corrected chi connectivity index (χ3v) is 16.2. The van der Waals surface area contributed by atoms with Gasteiger partial charge in [-0.3, -0.25) is 33.6 Å². The van der Waals surface area contributed by atoms with E-state index in [0.29, 0.717) is 24.3 Å². The Morgan fingerprint density at radius 2 is 0.747 bits per heavy atom. The van der Waals surface area contributed by atoms with E-state index in [1.54, 1.807) is 34.1 Å². The van der Waals surface area contributed by atoms with Crippen molar-refractivity contribution in [1.29, 1.82) is 0 Å². The molecule has 6 amide bonds. The number of amides is 6. The van der Waals surface area contributed by atoms with Gasteiger partial charge in [-0.15, -0.1) is 0 Å². The molecule has 5 fully saturated rings. The maximum absolute atomic E-state index is 14.2. The molecule has 9 rings (SSSR count). The van der Waals surface area contributed by atoms with Crippen molar-refractivity contribution in [2.45, 2.75) is 126 Å². The van der Waals surface area contributed by atoms with Crippen LogP contribution < -0.4 is 21.3 Å². The third-order valence-electron chi connectivity index (χ3n) is 16.2. The summed E-state index contributed by atoms with van der Waals surface area (Å²) in [6.45, 7) is 2.75. The highest BCUT2D eigenvalue weighted by Crippen LogP contribution is 2.44. The predicted molar refractivity (Wildman–Crippen MR) is 285 cm³/mol. The van der Waals surface area contributed by atoms with Gasteiger partial charge in [0, 0.05) is 86.7 Å². The van der Waals surface area contributed by atoms with Crippen molar-refractivity contribution < 1.29 is 38.3 Å². The molecule has 0 spiro atoms. The summed E-state index contributed by atoms with van der Waals surface area (Å²) in [5.74, 6) is -4.14. The third kappa shape index (κ3) is 14.1. The molecule has 0 aromatic heterocycles. The SMILES string of the molecule is CC(=O)OCCCCCCCCCCCCNC(=O)[C@@H]1CN(C(=O)c2ccc(C(=O)N3C[C@@H](C(=O)N[C@H]4C[C@@H]4c4ccccc4)[C@H](C(=O)N[C@H]4C[C@@H]4c4ccccc4)C3)cc2)C[C@H]1C(=O)N[C@H]1C[C@@H]1c1ccccc1. The number of carbonyl (C=O) groups is 7. The summed E-state index contributed by atoms with van der Waals surface area (Å²) in [7, 11) is 0. The quantitative estimate of drug-likeness (QED) is 0.0386. The van der Waals surface area contributed by atoms with Crippen LogP contribution in [0.15, 0.2) is 115 Å². The number of hydrogen-bond acceptors (Lipinski definition) is 8. The van der Waals surface area contributed by atoms with Crippen LogP contribution in [0.1, 0.15) is 146 Å². The highest BCUT2D eigenvalue weighted by molar-refractivity contribution is 6.00. The average molecular weight is 1020 g/mol. The zero-order chi connectivity index (χ0) is 52.3. The summed E-state index contributed by atoms with van der Waals surface area (Å²) in [6.07, 6.45) is 13.1. The second-order valence-electron chi connectivity index (χ2n) is 21.7. The lowest BCUT2D eigenvalue weighted by atomic mass is 9.94. The molecule has 396 valence electrons. The van der Waals surface area contributed by atoms with Gasteiger partial charge < -0.3 is 35.8 Å². The molecule has 4 N–H and O–H groups in total. The fraction of sp³-hybridized carbons (Fsp3) is 0.492. The molecule has 5 aliphatic rings. The number of nitrogens with one attached hydrogen (secondary N) is 4. The van der Waals surface area contributed by atoms with Crippen LogP contribution in [0.5, 0.6) is 0 Å². The molecule has 0 unspecified atom stereocenters. The van der Waals surface area contributed by atoms with Crippen LogP contribution in [0, 0.1) is 23.7 Å². The minimum atomic E-state index is -0.737. The molecule has 4 aromatic carbocycles. The smallest absolute Gasteiger partial charge is 0.302 e. The van der Waals surface area contributed by atoms with Crippen LogP contribution in [0.25, 0.3) is 0 Å². The van der Waals surface area contributed by atoms with Crippen LogP contribution >= 0.6 is 0 Å². The monoisotopic (exact) mass is 1020 g/mol. The fourth-order valence-corrected chi connectivity index (χ4v) is 11.5. The summed E-state index contributed by atoms with van der Waals surface area (Å²) in [4.78, 5) is 98.4. The van der Waals surface area contributed by atoms with Crippen molar-refractivity contribution >= 4 is 41.4 Å². The topological polar surface area (TPSA) is 183 Å². The lowest BCUT2D eigenvalue weighted by Crippen LogP contribution is -2.43. The number of hydrogen-bond donors (Lipinski definition) is 4. The van der Waals surface area contributed by atoms with E-state index in [1.807, 2.05) is 54.6 Å². The second-order valence-corrected chi connectivity index (χ2v) is 21.7. The number of unbranched alkanes of at least 4 members (excludes halogenated alkanes) is 9. The number of benzene rings is 4. The van der Waals surface area contributed by atoms with E-state index >= 15 is 0 Å². The fourth-order valence-electron chi connectivity index (χ4n) is 11.5. The van der Waals surface area contributed by atoms with E-state index in [-0.39, 0.29) is 103 Å². The second kappa shape index (κ2) is 25.1. The highest BCUT2D eigenvalue weighted by atomic mass is 16.5. The van der Waals surface area contributed by atoms with E-state index in [4.69, 9.17) is 4.74 Å². The van der Waals surface area contributed by atoms with E-state index in [9.17, 15) is 33.6 Å². The highest BCUT2D eigenvalue weighted by Gasteiger charge is 2.50. The van der Waals surface area contributed by atoms with Crippen molar-refractivity contribution in [2.24, 2.45) is 23.7 Å². The lowest BCUT2D eigenvalue weighted by Gasteiger charge is -2.18. The summed E-state index contributed by atoms with van der Waals surface area (Å²) >= 11 is 0. The number of carbonyl (C=O) groups excluding carboxylic acids is 7. The molecule has 4 aromatic rings. The molecule has 2 heterocycles. The first-order valence-electron chi connectivity index (χ1n) is 27.7. The van der Waals surface area contributed by atoms with Gasteiger partial charge in [-0.2, -0.15) is 0 Å². The first-order chi connectivity index (χ1) is 36.5. The van der Waals surface area contributed by atoms with Gasteiger partial charge in [-0.1, -0.05) is 142 Å². The van der Waals surface area contributed by atoms with Crippen molar-refractivity contribution in [3.63, 3.8) is 0 Å². The molecule has 3 aliphatic carbocycles. The maximum atomic E-state index is 14.2. The zero-order valence-corrected chi connectivity index (χ0v) is 43.3. The van der Waals surface area contributed by atoms with Crippen LogP contribution in [-0.4, -0.2) is 109 Å². The van der Waals surface area contributed by atoms with Gasteiger partial charge in [0.2, 0.25) is 23.6 Å². The molecular formula is C61H74N6O8.